The summed E-state index contributed by atoms with van der Waals surface area (Å²) in [5, 5.41) is 7.99. The number of carbonyl (C=O) groups is 4. The number of rotatable bonds is 8. The third kappa shape index (κ3) is 8.27. The lowest BCUT2D eigenvalue weighted by molar-refractivity contribution is -0.135. The van der Waals surface area contributed by atoms with Gasteiger partial charge in [0.15, 0.2) is 0 Å². The molecular weight excluding hydrogens is 395 g/mol. The van der Waals surface area contributed by atoms with E-state index in [0.717, 1.165) is 0 Å². The maximum absolute atomic E-state index is 12.0. The van der Waals surface area contributed by atoms with E-state index < -0.39 is 17.7 Å². The van der Waals surface area contributed by atoms with Gasteiger partial charge in [0.1, 0.15) is 0 Å². The number of nitrogens with one attached hydrogen (secondary N) is 3. The Balaban J connectivity index is 2.38. The minimum Gasteiger partial charge on any atom is -0.352 e. The van der Waals surface area contributed by atoms with E-state index in [1.807, 2.05) is 13.8 Å². The van der Waals surface area contributed by atoms with Crippen molar-refractivity contribution in [3.63, 3.8) is 0 Å². The lowest BCUT2D eigenvalue weighted by Gasteiger charge is -2.18. The second kappa shape index (κ2) is 10.7. The van der Waals surface area contributed by atoms with E-state index >= 15 is 0 Å². The van der Waals surface area contributed by atoms with Crippen LogP contribution in [0.1, 0.15) is 24.2 Å². The molecular formula is C17H22Cl2N4O4. The molecule has 0 fully saturated rings. The fourth-order valence-electron chi connectivity index (χ4n) is 1.97. The van der Waals surface area contributed by atoms with Crippen LogP contribution in [0.25, 0.3) is 0 Å². The highest BCUT2D eigenvalue weighted by molar-refractivity contribution is 6.36. The number of benzene rings is 1. The van der Waals surface area contributed by atoms with Crippen LogP contribution < -0.4 is 16.0 Å². The van der Waals surface area contributed by atoms with E-state index in [-0.39, 0.29) is 42.2 Å². The molecule has 8 nitrogen and oxygen atoms in total. The molecule has 0 radical (unpaired) electrons. The van der Waals surface area contributed by atoms with Gasteiger partial charge in [-0.3, -0.25) is 19.2 Å². The zero-order valence-corrected chi connectivity index (χ0v) is 16.8. The fourth-order valence-corrected chi connectivity index (χ4v) is 2.47. The maximum atomic E-state index is 12.0. The fraction of sp³-hybridized carbons (Fsp3) is 0.412. The molecule has 0 aliphatic carbocycles. The highest BCUT2D eigenvalue weighted by atomic mass is 35.5. The van der Waals surface area contributed by atoms with Gasteiger partial charge in [0.2, 0.25) is 17.7 Å². The smallest absolute Gasteiger partial charge is 0.253 e. The number of likely N-dealkylation sites (N-methyl/N-ethyl adjacent to an activating group) is 1. The van der Waals surface area contributed by atoms with Crippen LogP contribution in [0.2, 0.25) is 10.0 Å². The van der Waals surface area contributed by atoms with Gasteiger partial charge in [0.25, 0.3) is 5.91 Å². The molecule has 0 unspecified atom stereocenters. The SMILES string of the molecule is CC(C)NC(=O)CN(C)C(=O)CNC(=O)CNC(=O)c1ccc(Cl)cc1Cl. The van der Waals surface area contributed by atoms with Crippen molar-refractivity contribution in [3.8, 4) is 0 Å². The van der Waals surface area contributed by atoms with Gasteiger partial charge in [0, 0.05) is 18.1 Å². The van der Waals surface area contributed by atoms with Gasteiger partial charge in [-0.1, -0.05) is 23.2 Å². The standard InChI is InChI=1S/C17H22Cl2N4O4/c1-10(2)22-15(25)9-23(3)16(26)8-20-14(24)7-21-17(27)12-5-4-11(18)6-13(12)19/h4-6,10H,7-9H2,1-3H3,(H,20,24)(H,21,27)(H,22,25). The second-order valence-corrected chi connectivity index (χ2v) is 6.90. The number of carbonyl (C=O) groups excluding carboxylic acids is 4. The Hall–Kier alpha value is -2.32. The average molecular weight is 417 g/mol. The molecule has 0 heterocycles. The summed E-state index contributed by atoms with van der Waals surface area (Å²) >= 11 is 11.7. The molecule has 0 aromatic heterocycles. The molecule has 1 rings (SSSR count). The van der Waals surface area contributed by atoms with Crippen molar-refractivity contribution < 1.29 is 19.2 Å². The van der Waals surface area contributed by atoms with E-state index in [9.17, 15) is 19.2 Å². The molecule has 0 saturated heterocycles. The zero-order chi connectivity index (χ0) is 20.6. The molecule has 4 amide bonds. The second-order valence-electron chi connectivity index (χ2n) is 6.06. The normalized spacial score (nSPS) is 10.3. The monoisotopic (exact) mass is 416 g/mol. The van der Waals surface area contributed by atoms with Crippen LogP contribution >= 0.6 is 23.2 Å². The molecule has 148 valence electrons. The molecule has 1 aromatic carbocycles. The van der Waals surface area contributed by atoms with Crippen molar-refractivity contribution in [2.45, 2.75) is 19.9 Å². The Morgan fingerprint density at radius 2 is 1.70 bits per heavy atom. The molecule has 1 aromatic rings. The molecule has 0 aliphatic heterocycles. The predicted molar refractivity (Wildman–Crippen MR) is 103 cm³/mol. The van der Waals surface area contributed by atoms with Gasteiger partial charge in [0.05, 0.1) is 30.2 Å². The highest BCUT2D eigenvalue weighted by Crippen LogP contribution is 2.20. The minimum atomic E-state index is -0.554. The van der Waals surface area contributed by atoms with E-state index in [0.29, 0.717) is 5.02 Å². The number of nitrogens with zero attached hydrogens (tertiary/aromatic N) is 1. The van der Waals surface area contributed by atoms with Gasteiger partial charge in [-0.05, 0) is 32.0 Å². The first-order valence-corrected chi connectivity index (χ1v) is 8.89. The number of hydrogen-bond donors (Lipinski definition) is 3. The quantitative estimate of drug-likeness (QED) is 0.582. The largest absolute Gasteiger partial charge is 0.352 e. The Morgan fingerprint density at radius 1 is 1.04 bits per heavy atom. The van der Waals surface area contributed by atoms with Crippen molar-refractivity contribution in [3.05, 3.63) is 33.8 Å². The summed E-state index contributed by atoms with van der Waals surface area (Å²) in [6.45, 7) is 2.89. The average Bonchev–Trinajstić information content (AvgIpc) is 2.56. The van der Waals surface area contributed by atoms with Crippen molar-refractivity contribution in [2.75, 3.05) is 26.7 Å². The Labute approximate surface area is 167 Å². The highest BCUT2D eigenvalue weighted by Gasteiger charge is 2.15. The Morgan fingerprint density at radius 3 is 2.30 bits per heavy atom. The summed E-state index contributed by atoms with van der Waals surface area (Å²) < 4.78 is 0. The summed E-state index contributed by atoms with van der Waals surface area (Å²) in [6.07, 6.45) is 0. The van der Waals surface area contributed by atoms with Crippen LogP contribution in [0.15, 0.2) is 18.2 Å². The number of halogens is 2. The van der Waals surface area contributed by atoms with Gasteiger partial charge < -0.3 is 20.9 Å². The third-order valence-electron chi connectivity index (χ3n) is 3.28. The van der Waals surface area contributed by atoms with E-state index in [4.69, 9.17) is 23.2 Å². The van der Waals surface area contributed by atoms with Crippen LogP contribution in [0.3, 0.4) is 0 Å². The molecule has 0 aliphatic rings. The molecule has 27 heavy (non-hydrogen) atoms. The minimum absolute atomic E-state index is 0.0292. The lowest BCUT2D eigenvalue weighted by Crippen LogP contribution is -2.45. The van der Waals surface area contributed by atoms with Crippen molar-refractivity contribution in [2.24, 2.45) is 0 Å². The van der Waals surface area contributed by atoms with E-state index in [2.05, 4.69) is 16.0 Å². The van der Waals surface area contributed by atoms with Gasteiger partial charge in [-0.15, -0.1) is 0 Å². The van der Waals surface area contributed by atoms with Crippen LogP contribution in [0.4, 0.5) is 0 Å². The van der Waals surface area contributed by atoms with E-state index in [1.165, 1.54) is 30.1 Å². The summed E-state index contributed by atoms with van der Waals surface area (Å²) in [7, 11) is 1.46. The van der Waals surface area contributed by atoms with Gasteiger partial charge in [-0.25, -0.2) is 0 Å². The van der Waals surface area contributed by atoms with Crippen molar-refractivity contribution in [1.29, 1.82) is 0 Å². The molecule has 0 spiro atoms. The molecule has 0 bridgehead atoms. The molecule has 10 heteroatoms. The topological polar surface area (TPSA) is 108 Å². The lowest BCUT2D eigenvalue weighted by atomic mass is 10.2. The third-order valence-corrected chi connectivity index (χ3v) is 3.83. The first-order valence-electron chi connectivity index (χ1n) is 8.13. The number of hydrogen-bond acceptors (Lipinski definition) is 4. The predicted octanol–water partition coefficient (Wildman–Crippen LogP) is 0.822. The van der Waals surface area contributed by atoms with Crippen LogP contribution in [0.5, 0.6) is 0 Å². The van der Waals surface area contributed by atoms with Crippen LogP contribution in [0, 0.1) is 0 Å². The van der Waals surface area contributed by atoms with E-state index in [1.54, 1.807) is 0 Å². The Bertz CT molecular complexity index is 725. The maximum Gasteiger partial charge on any atom is 0.253 e. The zero-order valence-electron chi connectivity index (χ0n) is 15.3. The van der Waals surface area contributed by atoms with Gasteiger partial charge in [-0.2, -0.15) is 0 Å². The first-order chi connectivity index (χ1) is 12.6. The van der Waals surface area contributed by atoms with Crippen molar-refractivity contribution in [1.82, 2.24) is 20.9 Å². The van der Waals surface area contributed by atoms with Crippen LogP contribution in [-0.2, 0) is 14.4 Å². The summed E-state index contributed by atoms with van der Waals surface area (Å²) in [5.74, 6) is -1.82. The molecule has 3 N–H and O–H groups in total. The van der Waals surface area contributed by atoms with Crippen molar-refractivity contribution >= 4 is 46.8 Å². The number of amides is 4. The summed E-state index contributed by atoms with van der Waals surface area (Å²) in [5.41, 5.74) is 0.181. The first kappa shape index (κ1) is 22.7. The van der Waals surface area contributed by atoms with Crippen LogP contribution in [-0.4, -0.2) is 61.3 Å². The van der Waals surface area contributed by atoms with Gasteiger partial charge >= 0.3 is 0 Å². The summed E-state index contributed by atoms with van der Waals surface area (Å²) in [6, 6.07) is 4.34. The Kier molecular flexibility index (Phi) is 9.04. The molecule has 0 atom stereocenters. The summed E-state index contributed by atoms with van der Waals surface area (Å²) in [4.78, 5) is 48.5. The molecule has 0 saturated carbocycles.